The van der Waals surface area contributed by atoms with Crippen molar-refractivity contribution < 1.29 is 62.6 Å². The molecule has 310 valence electrons. The van der Waals surface area contributed by atoms with Crippen LogP contribution in [0.2, 0.25) is 0 Å². The van der Waals surface area contributed by atoms with Gasteiger partial charge in [0.15, 0.2) is 6.10 Å². The average molecular weight is 794 g/mol. The smallest absolute Gasteiger partial charge is 0.340 e. The summed E-state index contributed by atoms with van der Waals surface area (Å²) < 4.78 is 36.6. The predicted octanol–water partition coefficient (Wildman–Crippen LogP) is 5.10. The second kappa shape index (κ2) is 18.1. The van der Waals surface area contributed by atoms with E-state index in [0.717, 1.165) is 20.8 Å². The molecule has 1 saturated carbocycles. The number of hydrogen-bond donors (Lipinski definition) is 2. The van der Waals surface area contributed by atoms with Gasteiger partial charge < -0.3 is 38.6 Å². The van der Waals surface area contributed by atoms with Crippen LogP contribution in [-0.2, 0) is 42.8 Å². The van der Waals surface area contributed by atoms with Gasteiger partial charge in [0.2, 0.25) is 0 Å². The van der Waals surface area contributed by atoms with Gasteiger partial charge in [-0.15, -0.1) is 0 Å². The molecule has 14 nitrogen and oxygen atoms in total. The fourth-order valence-corrected chi connectivity index (χ4v) is 7.89. The van der Waals surface area contributed by atoms with Crippen molar-refractivity contribution in [3.63, 3.8) is 0 Å². The fourth-order valence-electron chi connectivity index (χ4n) is 7.89. The minimum Gasteiger partial charge on any atom is -0.459 e. The summed E-state index contributed by atoms with van der Waals surface area (Å²) in [7, 11) is 0. The van der Waals surface area contributed by atoms with Gasteiger partial charge in [0.1, 0.15) is 41.7 Å². The molecule has 0 saturated heterocycles. The molecule has 2 aliphatic carbocycles. The lowest BCUT2D eigenvalue weighted by Crippen LogP contribution is -2.59. The summed E-state index contributed by atoms with van der Waals surface area (Å²) in [6.45, 7) is 17.8. The molecule has 1 aromatic heterocycles. The Balaban J connectivity index is 2.07. The minimum atomic E-state index is -2.30. The molecule has 2 aromatic rings. The second-order valence-electron chi connectivity index (χ2n) is 15.8. The second-order valence-corrected chi connectivity index (χ2v) is 15.8. The monoisotopic (exact) mass is 793 g/mol. The van der Waals surface area contributed by atoms with Crippen LogP contribution in [-0.4, -0.2) is 99.0 Å². The lowest BCUT2D eigenvalue weighted by molar-refractivity contribution is -0.193. The highest BCUT2D eigenvalue weighted by atomic mass is 16.6. The van der Waals surface area contributed by atoms with Gasteiger partial charge in [0.25, 0.3) is 0 Å². The summed E-state index contributed by atoms with van der Waals surface area (Å²) >= 11 is 0. The van der Waals surface area contributed by atoms with Gasteiger partial charge in [-0.2, -0.15) is 0 Å². The average Bonchev–Trinajstić information content (AvgIpc) is 3.36. The molecule has 11 atom stereocenters. The standard InChI is InChI=1S/C43H55NO13/c1-11-25(3)52-35-26(4)34(53-27(5)45)32-37(55-39(49)30-16-13-12-14-17-30)42(10,57-29(7)47)23-43(32,51)36(54-28(6)46)24(2)19-20-41(8,9)38(33(35)48)56-40(50)31-18-15-21-44-22-31/h12-22,24-25,32-38,48,51H,4,11,23H2,1-3,5-10H3/b20-19+/t24-,25?,32?,33+,34-,35-,36-,37+,38+,42+,43+/m0/s1. The van der Waals surface area contributed by atoms with Gasteiger partial charge in [-0.3, -0.25) is 19.4 Å². The van der Waals surface area contributed by atoms with E-state index in [4.69, 9.17) is 28.4 Å². The summed E-state index contributed by atoms with van der Waals surface area (Å²) in [6, 6.07) is 11.0. The Morgan fingerprint density at radius 2 is 1.44 bits per heavy atom. The van der Waals surface area contributed by atoms with E-state index in [2.05, 4.69) is 11.6 Å². The molecule has 14 heteroatoms. The first-order valence-electron chi connectivity index (χ1n) is 19.0. The van der Waals surface area contributed by atoms with E-state index in [1.807, 2.05) is 6.92 Å². The highest BCUT2D eigenvalue weighted by molar-refractivity contribution is 5.90. The first-order valence-corrected chi connectivity index (χ1v) is 19.0. The molecule has 2 aliphatic rings. The maximum atomic E-state index is 13.9. The van der Waals surface area contributed by atoms with Gasteiger partial charge in [-0.05, 0) is 50.1 Å². The Morgan fingerprint density at radius 1 is 0.842 bits per heavy atom. The van der Waals surface area contributed by atoms with Crippen molar-refractivity contribution in [1.82, 2.24) is 4.98 Å². The molecule has 0 amide bonds. The van der Waals surface area contributed by atoms with Crippen molar-refractivity contribution in [2.45, 2.75) is 129 Å². The Kier molecular flexibility index (Phi) is 14.2. The molecule has 0 spiro atoms. The van der Waals surface area contributed by atoms with Crippen LogP contribution < -0.4 is 0 Å². The van der Waals surface area contributed by atoms with Gasteiger partial charge in [0.05, 0.1) is 23.1 Å². The number of carbonyl (C=O) groups excluding carboxylic acids is 5. The third-order valence-electron chi connectivity index (χ3n) is 10.6. The SMILES string of the molecule is C=C1[C@H](OC(C)=O)C2[C@@H](OC(=O)c3ccccc3)[C@](C)(OC(C)=O)C[C@]2(O)[C@@H](OC(C)=O)[C@@H](C)/C=C/C(C)(C)[C@H](OC(=O)c2cccnc2)[C@H](O)[C@H]1OC(C)CC. The molecule has 1 heterocycles. The normalized spacial score (nSPS) is 32.2. The number of rotatable bonds is 10. The van der Waals surface area contributed by atoms with E-state index in [0.29, 0.717) is 6.42 Å². The largest absolute Gasteiger partial charge is 0.459 e. The molecular weight excluding hydrogens is 738 g/mol. The first-order chi connectivity index (χ1) is 26.6. The van der Waals surface area contributed by atoms with Crippen molar-refractivity contribution >= 4 is 29.8 Å². The molecule has 57 heavy (non-hydrogen) atoms. The zero-order chi connectivity index (χ0) is 42.5. The number of aliphatic hydroxyl groups is 2. The summed E-state index contributed by atoms with van der Waals surface area (Å²) in [6.07, 6.45) is -3.81. The van der Waals surface area contributed by atoms with Crippen LogP contribution in [0, 0.1) is 17.3 Å². The highest BCUT2D eigenvalue weighted by Crippen LogP contribution is 2.54. The summed E-state index contributed by atoms with van der Waals surface area (Å²) in [5, 5.41) is 25.8. The highest BCUT2D eigenvalue weighted by Gasteiger charge is 2.70. The molecule has 1 fully saturated rings. The third-order valence-corrected chi connectivity index (χ3v) is 10.6. The summed E-state index contributed by atoms with van der Waals surface area (Å²) in [5.74, 6) is -6.55. The molecule has 1 aromatic carbocycles. The third kappa shape index (κ3) is 10.2. The summed E-state index contributed by atoms with van der Waals surface area (Å²) in [5.41, 5.74) is -5.22. The zero-order valence-electron chi connectivity index (χ0n) is 34.0. The number of carbonyl (C=O) groups is 5. The van der Waals surface area contributed by atoms with Crippen LogP contribution in [0.25, 0.3) is 0 Å². The van der Waals surface area contributed by atoms with Crippen LogP contribution >= 0.6 is 0 Å². The number of aromatic nitrogens is 1. The number of nitrogens with zero attached hydrogens (tertiary/aromatic N) is 1. The number of pyridine rings is 1. The van der Waals surface area contributed by atoms with Crippen LogP contribution in [0.15, 0.2) is 79.2 Å². The Bertz CT molecular complexity index is 1810. The van der Waals surface area contributed by atoms with E-state index in [1.54, 1.807) is 64.1 Å². The zero-order valence-corrected chi connectivity index (χ0v) is 34.0. The maximum absolute atomic E-state index is 13.9. The molecule has 4 rings (SSSR count). The van der Waals surface area contributed by atoms with Gasteiger partial charge >= 0.3 is 29.8 Å². The topological polar surface area (TPSA) is 194 Å². The lowest BCUT2D eigenvalue weighted by Gasteiger charge is -2.46. The maximum Gasteiger partial charge on any atom is 0.340 e. The molecular formula is C43H55NO13. The number of esters is 5. The van der Waals surface area contributed by atoms with Gasteiger partial charge in [-0.1, -0.05) is 64.6 Å². The van der Waals surface area contributed by atoms with E-state index >= 15 is 0 Å². The van der Waals surface area contributed by atoms with Gasteiger partial charge in [-0.25, -0.2) is 9.59 Å². The van der Waals surface area contributed by atoms with Crippen LogP contribution in [0.4, 0.5) is 0 Å². The predicted molar refractivity (Wildman–Crippen MR) is 205 cm³/mol. The Morgan fingerprint density at radius 3 is 2.00 bits per heavy atom. The van der Waals surface area contributed by atoms with Crippen molar-refractivity contribution in [1.29, 1.82) is 0 Å². The van der Waals surface area contributed by atoms with E-state index in [9.17, 15) is 34.2 Å². The number of fused-ring (bicyclic) bond motifs is 1. The minimum absolute atomic E-state index is 0.110. The number of ether oxygens (including phenoxy) is 6. The van der Waals surface area contributed by atoms with Crippen molar-refractivity contribution in [3.05, 3.63) is 90.3 Å². The van der Waals surface area contributed by atoms with Crippen LogP contribution in [0.5, 0.6) is 0 Å². The molecule has 0 radical (unpaired) electrons. The fraction of sp³-hybridized carbons (Fsp3) is 0.535. The Hall–Kier alpha value is -4.92. The quantitative estimate of drug-likeness (QED) is 0.183. The van der Waals surface area contributed by atoms with Crippen LogP contribution in [0.1, 0.15) is 95.9 Å². The number of benzene rings is 1. The number of aliphatic hydroxyl groups excluding tert-OH is 1. The van der Waals surface area contributed by atoms with Crippen molar-refractivity contribution in [2.24, 2.45) is 17.3 Å². The molecule has 0 bridgehead atoms. The molecule has 0 aliphatic heterocycles. The van der Waals surface area contributed by atoms with E-state index < -0.39 is 107 Å². The first kappa shape index (κ1) is 44.8. The number of hydrogen-bond acceptors (Lipinski definition) is 14. The van der Waals surface area contributed by atoms with Gasteiger partial charge in [0, 0.05) is 50.9 Å². The van der Waals surface area contributed by atoms with Crippen molar-refractivity contribution in [3.8, 4) is 0 Å². The van der Waals surface area contributed by atoms with E-state index in [1.165, 1.54) is 37.5 Å². The van der Waals surface area contributed by atoms with E-state index in [-0.39, 0.29) is 16.7 Å². The lowest BCUT2D eigenvalue weighted by atomic mass is 9.71. The van der Waals surface area contributed by atoms with Crippen molar-refractivity contribution in [2.75, 3.05) is 0 Å². The van der Waals surface area contributed by atoms with Crippen LogP contribution in [0.3, 0.4) is 0 Å². The molecule has 2 N–H and O–H groups in total. The molecule has 2 unspecified atom stereocenters. The summed E-state index contributed by atoms with van der Waals surface area (Å²) in [4.78, 5) is 70.4. The Labute approximate surface area is 333 Å².